The number of hydrogen-bond donors (Lipinski definition) is 1. The van der Waals surface area contributed by atoms with Crippen molar-refractivity contribution in [2.75, 3.05) is 26.2 Å². The first kappa shape index (κ1) is 18.3. The van der Waals surface area contributed by atoms with Crippen LogP contribution in [0.25, 0.3) is 0 Å². The third-order valence-electron chi connectivity index (χ3n) is 6.67. The van der Waals surface area contributed by atoms with Gasteiger partial charge in [0.15, 0.2) is 0 Å². The molecule has 4 rings (SSSR count). The number of benzene rings is 1. The summed E-state index contributed by atoms with van der Waals surface area (Å²) >= 11 is 6.08. The molecule has 1 aromatic carbocycles. The number of hydrogen-bond acceptors (Lipinski definition) is 3. The van der Waals surface area contributed by atoms with Gasteiger partial charge in [0.1, 0.15) is 0 Å². The highest BCUT2D eigenvalue weighted by Crippen LogP contribution is 2.42. The quantitative estimate of drug-likeness (QED) is 0.880. The van der Waals surface area contributed by atoms with Crippen molar-refractivity contribution in [2.45, 2.75) is 62.5 Å². The number of aliphatic hydroxyl groups excluding tert-OH is 1. The first-order valence-electron chi connectivity index (χ1n) is 10.1. The van der Waals surface area contributed by atoms with Gasteiger partial charge in [0, 0.05) is 37.2 Å². The number of carbonyl (C=O) groups excluding carboxylic acids is 1. The Hall–Kier alpha value is -1.10. The van der Waals surface area contributed by atoms with Crippen LogP contribution in [0.3, 0.4) is 0 Å². The van der Waals surface area contributed by atoms with Crippen LogP contribution in [0.2, 0.25) is 5.02 Å². The minimum atomic E-state index is -0.359. The first-order valence-corrected chi connectivity index (χ1v) is 10.4. The topological polar surface area (TPSA) is 43.8 Å². The molecule has 1 N–H and O–H groups in total. The summed E-state index contributed by atoms with van der Waals surface area (Å²) in [6.07, 6.45) is 7.27. The molecular formula is C21H29ClN2O2. The molecule has 0 spiro atoms. The molecule has 3 aliphatic rings. The second kappa shape index (κ2) is 7.49. The molecule has 1 saturated carbocycles. The number of nitrogens with zero attached hydrogens (tertiary/aromatic N) is 2. The van der Waals surface area contributed by atoms with E-state index in [0.717, 1.165) is 75.3 Å². The zero-order chi connectivity index (χ0) is 18.1. The predicted molar refractivity (Wildman–Crippen MR) is 103 cm³/mol. The minimum absolute atomic E-state index is 0.148. The zero-order valence-corrected chi connectivity index (χ0v) is 16.1. The standard InChI is InChI=1S/C21H29ClN2O2/c22-17-6-4-16(5-7-17)21(10-2-1-3-11-21)20(26)23-12-8-18(9-13-23)24-14-19(25)15-24/h4-7,18-19,25H,1-3,8-15H2. The average Bonchev–Trinajstić information content (AvgIpc) is 2.66. The molecule has 4 nitrogen and oxygen atoms in total. The SMILES string of the molecule is O=C(N1CCC(N2CC(O)C2)CC1)C1(c2ccc(Cl)cc2)CCCCC1. The van der Waals surface area contributed by atoms with Crippen molar-refractivity contribution in [3.8, 4) is 0 Å². The van der Waals surface area contributed by atoms with Gasteiger partial charge in [-0.3, -0.25) is 9.69 Å². The summed E-state index contributed by atoms with van der Waals surface area (Å²) < 4.78 is 0. The Kier molecular flexibility index (Phi) is 5.27. The molecule has 0 unspecified atom stereocenters. The average molecular weight is 377 g/mol. The highest BCUT2D eigenvalue weighted by atomic mass is 35.5. The van der Waals surface area contributed by atoms with Crippen LogP contribution >= 0.6 is 11.6 Å². The van der Waals surface area contributed by atoms with E-state index in [9.17, 15) is 9.90 Å². The summed E-state index contributed by atoms with van der Waals surface area (Å²) in [6.45, 7) is 3.28. The maximum atomic E-state index is 13.6. The van der Waals surface area contributed by atoms with Crippen LogP contribution in [0, 0.1) is 0 Å². The fourth-order valence-corrected chi connectivity index (χ4v) is 5.20. The third kappa shape index (κ3) is 3.39. The summed E-state index contributed by atoms with van der Waals surface area (Å²) in [5, 5.41) is 10.2. The summed E-state index contributed by atoms with van der Waals surface area (Å²) in [7, 11) is 0. The second-order valence-electron chi connectivity index (χ2n) is 8.28. The maximum absolute atomic E-state index is 13.6. The lowest BCUT2D eigenvalue weighted by Gasteiger charge is -2.47. The zero-order valence-electron chi connectivity index (χ0n) is 15.4. The van der Waals surface area contributed by atoms with Gasteiger partial charge in [-0.2, -0.15) is 0 Å². The van der Waals surface area contributed by atoms with Crippen LogP contribution in [-0.2, 0) is 10.2 Å². The van der Waals surface area contributed by atoms with Crippen molar-refractivity contribution in [1.29, 1.82) is 0 Å². The molecule has 0 aromatic heterocycles. The number of halogens is 1. The number of amides is 1. The van der Waals surface area contributed by atoms with Crippen LogP contribution in [0.4, 0.5) is 0 Å². The number of rotatable bonds is 3. The summed E-state index contributed by atoms with van der Waals surface area (Å²) in [5.74, 6) is 0.321. The third-order valence-corrected chi connectivity index (χ3v) is 6.92. The lowest BCUT2D eigenvalue weighted by molar-refractivity contribution is -0.141. The first-order chi connectivity index (χ1) is 12.6. The van der Waals surface area contributed by atoms with E-state index in [1.807, 2.05) is 12.1 Å². The van der Waals surface area contributed by atoms with Gasteiger partial charge in [0.2, 0.25) is 5.91 Å². The van der Waals surface area contributed by atoms with Crippen molar-refractivity contribution < 1.29 is 9.90 Å². The Morgan fingerprint density at radius 2 is 1.65 bits per heavy atom. The Bertz CT molecular complexity index is 628. The van der Waals surface area contributed by atoms with Gasteiger partial charge in [0.05, 0.1) is 11.5 Å². The molecule has 5 heteroatoms. The van der Waals surface area contributed by atoms with E-state index >= 15 is 0 Å². The normalized spacial score (nSPS) is 25.1. The van der Waals surface area contributed by atoms with Gasteiger partial charge >= 0.3 is 0 Å². The highest BCUT2D eigenvalue weighted by molar-refractivity contribution is 6.30. The van der Waals surface area contributed by atoms with Crippen LogP contribution in [0.15, 0.2) is 24.3 Å². The Balaban J connectivity index is 1.48. The Morgan fingerprint density at radius 3 is 2.23 bits per heavy atom. The molecular weight excluding hydrogens is 348 g/mol. The molecule has 1 aliphatic carbocycles. The Labute approximate surface area is 161 Å². The summed E-state index contributed by atoms with van der Waals surface area (Å²) in [6, 6.07) is 8.48. The molecule has 0 bridgehead atoms. The fraction of sp³-hybridized carbons (Fsp3) is 0.667. The van der Waals surface area contributed by atoms with Crippen LogP contribution in [0.5, 0.6) is 0 Å². The second-order valence-corrected chi connectivity index (χ2v) is 8.72. The van der Waals surface area contributed by atoms with Gasteiger partial charge < -0.3 is 10.0 Å². The molecule has 2 aliphatic heterocycles. The number of likely N-dealkylation sites (tertiary alicyclic amines) is 2. The van der Waals surface area contributed by atoms with E-state index in [1.54, 1.807) is 0 Å². The van der Waals surface area contributed by atoms with E-state index in [-0.39, 0.29) is 11.5 Å². The monoisotopic (exact) mass is 376 g/mol. The van der Waals surface area contributed by atoms with Crippen molar-refractivity contribution in [3.63, 3.8) is 0 Å². The van der Waals surface area contributed by atoms with E-state index in [0.29, 0.717) is 11.9 Å². The molecule has 1 amide bonds. The van der Waals surface area contributed by atoms with Crippen molar-refractivity contribution in [2.24, 2.45) is 0 Å². The van der Waals surface area contributed by atoms with Gasteiger partial charge in [0.25, 0.3) is 0 Å². The molecule has 0 atom stereocenters. The number of β-amino-alcohol motifs (C(OH)–C–C–N with tert-alkyl or cyclic N) is 1. The number of carbonyl (C=O) groups is 1. The van der Waals surface area contributed by atoms with Crippen LogP contribution in [-0.4, -0.2) is 59.1 Å². The Morgan fingerprint density at radius 1 is 1.04 bits per heavy atom. The van der Waals surface area contributed by atoms with Gasteiger partial charge in [-0.1, -0.05) is 43.0 Å². The molecule has 1 aromatic rings. The fourth-order valence-electron chi connectivity index (χ4n) is 5.07. The maximum Gasteiger partial charge on any atom is 0.233 e. The van der Waals surface area contributed by atoms with Gasteiger partial charge in [-0.15, -0.1) is 0 Å². The summed E-state index contributed by atoms with van der Waals surface area (Å²) in [4.78, 5) is 18.1. The smallest absolute Gasteiger partial charge is 0.233 e. The van der Waals surface area contributed by atoms with Crippen molar-refractivity contribution in [1.82, 2.24) is 9.80 Å². The largest absolute Gasteiger partial charge is 0.390 e. The number of piperidine rings is 1. The number of aliphatic hydroxyl groups is 1. The molecule has 26 heavy (non-hydrogen) atoms. The van der Waals surface area contributed by atoms with Crippen LogP contribution < -0.4 is 0 Å². The minimum Gasteiger partial charge on any atom is -0.390 e. The highest BCUT2D eigenvalue weighted by Gasteiger charge is 2.44. The molecule has 2 heterocycles. The van der Waals surface area contributed by atoms with Crippen molar-refractivity contribution in [3.05, 3.63) is 34.9 Å². The van der Waals surface area contributed by atoms with E-state index in [4.69, 9.17) is 11.6 Å². The van der Waals surface area contributed by atoms with E-state index < -0.39 is 0 Å². The molecule has 2 saturated heterocycles. The summed E-state index contributed by atoms with van der Waals surface area (Å²) in [5.41, 5.74) is 0.780. The van der Waals surface area contributed by atoms with E-state index in [2.05, 4.69) is 21.9 Å². The lowest BCUT2D eigenvalue weighted by Crippen LogP contribution is -2.59. The van der Waals surface area contributed by atoms with Gasteiger partial charge in [-0.05, 0) is 43.4 Å². The van der Waals surface area contributed by atoms with Crippen molar-refractivity contribution >= 4 is 17.5 Å². The van der Waals surface area contributed by atoms with E-state index in [1.165, 1.54) is 6.42 Å². The molecule has 3 fully saturated rings. The lowest BCUT2D eigenvalue weighted by atomic mass is 9.68. The van der Waals surface area contributed by atoms with Gasteiger partial charge in [-0.25, -0.2) is 0 Å². The molecule has 0 radical (unpaired) electrons. The molecule has 142 valence electrons. The van der Waals surface area contributed by atoms with Crippen LogP contribution in [0.1, 0.15) is 50.5 Å². The predicted octanol–water partition coefficient (Wildman–Crippen LogP) is 3.21.